The van der Waals surface area contributed by atoms with Gasteiger partial charge in [0.25, 0.3) is 0 Å². The second-order valence-corrected chi connectivity index (χ2v) is 5.43. The lowest BCUT2D eigenvalue weighted by Gasteiger charge is -2.19. The van der Waals surface area contributed by atoms with Crippen molar-refractivity contribution in [3.8, 4) is 11.8 Å². The van der Waals surface area contributed by atoms with Crippen molar-refractivity contribution in [2.24, 2.45) is 0 Å². The Kier molecular flexibility index (Phi) is 6.39. The Morgan fingerprint density at radius 1 is 1.08 bits per heavy atom. The second kappa shape index (κ2) is 8.51. The Labute approximate surface area is 140 Å². The van der Waals surface area contributed by atoms with Crippen LogP contribution in [0.3, 0.4) is 0 Å². The number of benzene rings is 1. The van der Waals surface area contributed by atoms with Crippen LogP contribution in [0.15, 0.2) is 48.7 Å². The molecule has 0 saturated heterocycles. The maximum Gasteiger partial charge on any atom is 0.433 e. The summed E-state index contributed by atoms with van der Waals surface area (Å²) < 4.78 is 37.6. The lowest BCUT2D eigenvalue weighted by molar-refractivity contribution is -0.141. The summed E-state index contributed by atoms with van der Waals surface area (Å²) in [4.78, 5) is 5.60. The van der Waals surface area contributed by atoms with E-state index >= 15 is 0 Å². The van der Waals surface area contributed by atoms with E-state index in [1.165, 1.54) is 12.3 Å². The molecule has 24 heavy (non-hydrogen) atoms. The summed E-state index contributed by atoms with van der Waals surface area (Å²) in [6.07, 6.45) is -2.17. The minimum atomic E-state index is -4.40. The Hall–Kier alpha value is -2.32. The van der Waals surface area contributed by atoms with Gasteiger partial charge >= 0.3 is 6.18 Å². The summed E-state index contributed by atoms with van der Waals surface area (Å²) >= 11 is 0. The highest BCUT2D eigenvalue weighted by atomic mass is 19.4. The van der Waals surface area contributed by atoms with Gasteiger partial charge in [-0.2, -0.15) is 13.2 Å². The van der Waals surface area contributed by atoms with Crippen molar-refractivity contribution in [3.63, 3.8) is 0 Å². The lowest BCUT2D eigenvalue weighted by atomic mass is 10.2. The van der Waals surface area contributed by atoms with E-state index in [0.717, 1.165) is 30.2 Å². The van der Waals surface area contributed by atoms with Crippen LogP contribution >= 0.6 is 0 Å². The summed E-state index contributed by atoms with van der Waals surface area (Å²) in [6.45, 7) is 3.97. The van der Waals surface area contributed by atoms with Crippen LogP contribution in [0, 0.1) is 11.8 Å². The van der Waals surface area contributed by atoms with Gasteiger partial charge in [0.05, 0.1) is 6.54 Å². The topological polar surface area (TPSA) is 16.1 Å². The predicted molar refractivity (Wildman–Crippen MR) is 88.1 cm³/mol. The Morgan fingerprint density at radius 2 is 1.83 bits per heavy atom. The molecule has 1 heterocycles. The van der Waals surface area contributed by atoms with Gasteiger partial charge in [-0.3, -0.25) is 9.88 Å². The largest absolute Gasteiger partial charge is 0.433 e. The third-order valence-electron chi connectivity index (χ3n) is 3.37. The first kappa shape index (κ1) is 18.0. The third kappa shape index (κ3) is 5.71. The molecule has 0 aliphatic carbocycles. The van der Waals surface area contributed by atoms with Crippen molar-refractivity contribution in [1.82, 2.24) is 9.88 Å². The molecule has 2 aromatic rings. The molecular formula is C19H19F3N2. The van der Waals surface area contributed by atoms with Gasteiger partial charge in [0.1, 0.15) is 5.69 Å². The molecule has 0 N–H and O–H groups in total. The average molecular weight is 332 g/mol. The SMILES string of the molecule is CCCN(CC#Cc1ccccc1)Cc1ccc(C(F)(F)F)nc1. The van der Waals surface area contributed by atoms with Gasteiger partial charge in [-0.25, -0.2) is 0 Å². The van der Waals surface area contributed by atoms with Gasteiger partial charge in [-0.05, 0) is 36.7 Å². The molecular weight excluding hydrogens is 313 g/mol. The van der Waals surface area contributed by atoms with Crippen LogP contribution in [0.4, 0.5) is 13.2 Å². The van der Waals surface area contributed by atoms with Crippen LogP contribution < -0.4 is 0 Å². The molecule has 2 rings (SSSR count). The highest BCUT2D eigenvalue weighted by molar-refractivity contribution is 5.33. The van der Waals surface area contributed by atoms with Gasteiger partial charge in [-0.1, -0.05) is 43.0 Å². The summed E-state index contributed by atoms with van der Waals surface area (Å²) in [5.74, 6) is 6.21. The van der Waals surface area contributed by atoms with Gasteiger partial charge in [0, 0.05) is 18.3 Å². The van der Waals surface area contributed by atoms with Crippen molar-refractivity contribution in [3.05, 3.63) is 65.5 Å². The highest BCUT2D eigenvalue weighted by Crippen LogP contribution is 2.27. The van der Waals surface area contributed by atoms with Crippen LogP contribution in [0.25, 0.3) is 0 Å². The molecule has 0 radical (unpaired) electrons. The highest BCUT2D eigenvalue weighted by Gasteiger charge is 2.31. The summed E-state index contributed by atoms with van der Waals surface area (Å²) in [5, 5.41) is 0. The van der Waals surface area contributed by atoms with Crippen LogP contribution in [-0.2, 0) is 12.7 Å². The van der Waals surface area contributed by atoms with E-state index in [9.17, 15) is 13.2 Å². The fourth-order valence-corrected chi connectivity index (χ4v) is 2.25. The Bertz CT molecular complexity index is 683. The van der Waals surface area contributed by atoms with Gasteiger partial charge in [0.15, 0.2) is 0 Å². The second-order valence-electron chi connectivity index (χ2n) is 5.43. The van der Waals surface area contributed by atoms with Crippen LogP contribution in [0.1, 0.15) is 30.2 Å². The number of pyridine rings is 1. The van der Waals surface area contributed by atoms with Gasteiger partial charge in [-0.15, -0.1) is 0 Å². The third-order valence-corrected chi connectivity index (χ3v) is 3.37. The quantitative estimate of drug-likeness (QED) is 0.756. The zero-order chi connectivity index (χ0) is 17.4. The molecule has 1 aromatic heterocycles. The van der Waals surface area contributed by atoms with E-state index in [2.05, 4.69) is 28.6 Å². The molecule has 0 atom stereocenters. The van der Waals surface area contributed by atoms with Crippen LogP contribution in [-0.4, -0.2) is 23.0 Å². The van der Waals surface area contributed by atoms with Gasteiger partial charge in [0.2, 0.25) is 0 Å². The molecule has 0 aliphatic rings. The molecule has 0 aliphatic heterocycles. The first-order valence-corrected chi connectivity index (χ1v) is 7.77. The van der Waals surface area contributed by atoms with Crippen molar-refractivity contribution in [2.45, 2.75) is 26.1 Å². The molecule has 0 saturated carbocycles. The molecule has 0 bridgehead atoms. The van der Waals surface area contributed by atoms with E-state index < -0.39 is 11.9 Å². The molecule has 0 spiro atoms. The zero-order valence-corrected chi connectivity index (χ0v) is 13.5. The number of halogens is 3. The van der Waals surface area contributed by atoms with E-state index in [1.807, 2.05) is 30.3 Å². The average Bonchev–Trinajstić information content (AvgIpc) is 2.56. The fraction of sp³-hybridized carbons (Fsp3) is 0.316. The molecule has 2 nitrogen and oxygen atoms in total. The number of aromatic nitrogens is 1. The Morgan fingerprint density at radius 3 is 2.42 bits per heavy atom. The Balaban J connectivity index is 1.99. The molecule has 5 heteroatoms. The number of hydrogen-bond acceptors (Lipinski definition) is 2. The molecule has 0 unspecified atom stereocenters. The number of nitrogens with zero attached hydrogens (tertiary/aromatic N) is 2. The van der Waals surface area contributed by atoms with E-state index in [-0.39, 0.29) is 0 Å². The fourth-order valence-electron chi connectivity index (χ4n) is 2.25. The summed E-state index contributed by atoms with van der Waals surface area (Å²) in [6, 6.07) is 12.2. The number of hydrogen-bond donors (Lipinski definition) is 0. The van der Waals surface area contributed by atoms with Crippen LogP contribution in [0.5, 0.6) is 0 Å². The smallest absolute Gasteiger partial charge is 0.288 e. The maximum absolute atomic E-state index is 12.5. The summed E-state index contributed by atoms with van der Waals surface area (Å²) in [5.41, 5.74) is 0.834. The van der Waals surface area contributed by atoms with Crippen molar-refractivity contribution in [2.75, 3.05) is 13.1 Å². The molecule has 0 fully saturated rings. The first-order valence-electron chi connectivity index (χ1n) is 7.77. The zero-order valence-electron chi connectivity index (χ0n) is 13.5. The molecule has 126 valence electrons. The van der Waals surface area contributed by atoms with Crippen LogP contribution in [0.2, 0.25) is 0 Å². The van der Waals surface area contributed by atoms with Crippen molar-refractivity contribution >= 4 is 0 Å². The minimum Gasteiger partial charge on any atom is -0.288 e. The summed E-state index contributed by atoms with van der Waals surface area (Å²) in [7, 11) is 0. The maximum atomic E-state index is 12.5. The van der Waals surface area contributed by atoms with Gasteiger partial charge < -0.3 is 0 Å². The monoisotopic (exact) mass is 332 g/mol. The minimum absolute atomic E-state index is 0.530. The predicted octanol–water partition coefficient (Wildman–Crippen LogP) is 4.36. The number of rotatable bonds is 5. The van der Waals surface area contributed by atoms with Crippen molar-refractivity contribution < 1.29 is 13.2 Å². The van der Waals surface area contributed by atoms with E-state index in [1.54, 1.807) is 0 Å². The molecule has 1 aromatic carbocycles. The van der Waals surface area contributed by atoms with E-state index in [0.29, 0.717) is 13.1 Å². The normalized spacial score (nSPS) is 11.2. The number of alkyl halides is 3. The van der Waals surface area contributed by atoms with Crippen molar-refractivity contribution in [1.29, 1.82) is 0 Å². The molecule has 0 amide bonds. The van der Waals surface area contributed by atoms with E-state index in [4.69, 9.17) is 0 Å². The lowest BCUT2D eigenvalue weighted by Crippen LogP contribution is -2.24. The first-order chi connectivity index (χ1) is 11.5. The standard InChI is InChI=1S/C19H19F3N2/c1-2-12-24(13-6-9-16-7-4-3-5-8-16)15-17-10-11-18(23-14-17)19(20,21)22/h3-5,7-8,10-11,14H,2,12-13,15H2,1H3.